The van der Waals surface area contributed by atoms with Crippen LogP contribution in [0.3, 0.4) is 0 Å². The highest BCUT2D eigenvalue weighted by Gasteiger charge is 2.35. The first-order valence-electron chi connectivity index (χ1n) is 13.8. The van der Waals surface area contributed by atoms with Gasteiger partial charge in [-0.1, -0.05) is 6.07 Å². The van der Waals surface area contributed by atoms with Gasteiger partial charge in [-0.2, -0.15) is 0 Å². The second-order valence-corrected chi connectivity index (χ2v) is 10.3. The van der Waals surface area contributed by atoms with Crippen molar-refractivity contribution in [3.05, 3.63) is 93.5 Å². The van der Waals surface area contributed by atoms with Crippen molar-refractivity contribution in [2.75, 3.05) is 28.4 Å². The molecule has 12 heteroatoms. The van der Waals surface area contributed by atoms with Gasteiger partial charge in [0.1, 0.15) is 40.3 Å². The fourth-order valence-electron chi connectivity index (χ4n) is 5.51. The van der Waals surface area contributed by atoms with Gasteiger partial charge in [-0.05, 0) is 48.0 Å². The summed E-state index contributed by atoms with van der Waals surface area (Å²) >= 11 is 0. The molecule has 5 aromatic rings. The van der Waals surface area contributed by atoms with Crippen molar-refractivity contribution in [1.29, 1.82) is 0 Å². The predicted octanol–water partition coefficient (Wildman–Crippen LogP) is 5.46. The number of hydrogen-bond donors (Lipinski definition) is 1. The third-order valence-corrected chi connectivity index (χ3v) is 7.69. The van der Waals surface area contributed by atoms with Gasteiger partial charge >= 0.3 is 17.9 Å². The van der Waals surface area contributed by atoms with E-state index in [1.165, 1.54) is 59.0 Å². The fraction of sp³-hybridized carbons (Fsp3) is 0.176. The van der Waals surface area contributed by atoms with E-state index in [2.05, 4.69) is 0 Å². The Kier molecular flexibility index (Phi) is 7.70. The minimum Gasteiger partial charge on any atom is -0.507 e. The summed E-state index contributed by atoms with van der Waals surface area (Å²) in [6.45, 7) is 0. The lowest BCUT2D eigenvalue weighted by Gasteiger charge is -2.24. The molecule has 0 saturated carbocycles. The molecule has 0 bridgehead atoms. The molecule has 0 amide bonds. The van der Waals surface area contributed by atoms with Gasteiger partial charge in [-0.25, -0.2) is 9.59 Å². The molecule has 3 heterocycles. The van der Waals surface area contributed by atoms with E-state index in [1.54, 1.807) is 30.3 Å². The van der Waals surface area contributed by atoms with E-state index >= 15 is 0 Å². The zero-order valence-corrected chi connectivity index (χ0v) is 25.0. The zero-order valence-electron chi connectivity index (χ0n) is 25.0. The number of phenols is 1. The maximum Gasteiger partial charge on any atom is 0.337 e. The highest BCUT2D eigenvalue weighted by atomic mass is 16.5. The number of ether oxygens (including phenoxy) is 5. The van der Waals surface area contributed by atoms with Crippen molar-refractivity contribution in [2.45, 2.75) is 12.3 Å². The smallest absolute Gasteiger partial charge is 0.337 e. The Bertz CT molecular complexity index is 2070. The number of carbonyl (C=O) groups is 3. The monoisotopic (exact) mass is 626 g/mol. The summed E-state index contributed by atoms with van der Waals surface area (Å²) in [4.78, 5) is 51.1. The molecule has 0 radical (unpaired) electrons. The SMILES string of the molecule is COC(=O)c1cc(C(=O)OC)cc(-c2ccc([C@H]3CC(=O)Oc4cc(O)c5c(=O)c(-c6ccc(OC)c(OC)c6)coc5c43)o2)c1. The van der Waals surface area contributed by atoms with Crippen LogP contribution in [0.15, 0.2) is 74.5 Å². The lowest BCUT2D eigenvalue weighted by Crippen LogP contribution is -2.21. The highest BCUT2D eigenvalue weighted by molar-refractivity contribution is 5.97. The van der Waals surface area contributed by atoms with Gasteiger partial charge < -0.3 is 37.6 Å². The van der Waals surface area contributed by atoms with Crippen LogP contribution >= 0.6 is 0 Å². The molecule has 0 aliphatic carbocycles. The van der Waals surface area contributed by atoms with Crippen LogP contribution in [0.4, 0.5) is 0 Å². The normalized spacial score (nSPS) is 13.9. The van der Waals surface area contributed by atoms with E-state index in [0.717, 1.165) is 0 Å². The molecule has 0 spiro atoms. The van der Waals surface area contributed by atoms with Crippen LogP contribution in [-0.2, 0) is 14.3 Å². The second-order valence-electron chi connectivity index (χ2n) is 10.3. The van der Waals surface area contributed by atoms with Crippen LogP contribution in [0.25, 0.3) is 33.4 Å². The lowest BCUT2D eigenvalue weighted by molar-refractivity contribution is -0.135. The standard InChI is InChI=1S/C34H26O12/c1-40-25-6-5-16(12-26(25)41-2)21-15-44-32-29-20(13-28(36)46-27(29)14-22(35)30(32)31(21)37)24-8-7-23(45-24)17-9-18(33(38)42-3)11-19(10-17)34(39)43-4/h5-12,14-15,20,35H,13H2,1-4H3/t20-/m1/s1. The highest BCUT2D eigenvalue weighted by Crippen LogP contribution is 2.46. The van der Waals surface area contributed by atoms with Crippen molar-refractivity contribution < 1.29 is 52.0 Å². The van der Waals surface area contributed by atoms with Crippen molar-refractivity contribution in [3.63, 3.8) is 0 Å². The lowest BCUT2D eigenvalue weighted by atomic mass is 9.88. The number of aromatic hydroxyl groups is 1. The number of phenolic OH excluding ortho intramolecular Hbond substituents is 1. The molecule has 0 fully saturated rings. The first-order valence-corrected chi connectivity index (χ1v) is 13.8. The van der Waals surface area contributed by atoms with Gasteiger partial charge in [-0.15, -0.1) is 0 Å². The zero-order chi connectivity index (χ0) is 32.7. The van der Waals surface area contributed by atoms with Crippen LogP contribution in [-0.4, -0.2) is 51.5 Å². The van der Waals surface area contributed by atoms with Crippen LogP contribution in [0.1, 0.15) is 44.4 Å². The summed E-state index contributed by atoms with van der Waals surface area (Å²) in [5.74, 6) is -1.72. The minimum atomic E-state index is -0.785. The molecule has 0 saturated heterocycles. The van der Waals surface area contributed by atoms with Crippen molar-refractivity contribution >= 4 is 28.9 Å². The summed E-state index contributed by atoms with van der Waals surface area (Å²) in [7, 11) is 5.40. The van der Waals surface area contributed by atoms with Crippen LogP contribution < -0.4 is 19.6 Å². The number of esters is 3. The van der Waals surface area contributed by atoms with Gasteiger partial charge in [0.05, 0.1) is 57.5 Å². The van der Waals surface area contributed by atoms with Crippen molar-refractivity contribution in [1.82, 2.24) is 0 Å². The van der Waals surface area contributed by atoms with E-state index in [-0.39, 0.29) is 45.6 Å². The molecule has 6 rings (SSSR count). The first-order chi connectivity index (χ1) is 22.2. The molecule has 12 nitrogen and oxygen atoms in total. The Balaban J connectivity index is 1.48. The number of fused-ring (bicyclic) bond motifs is 3. The summed E-state index contributed by atoms with van der Waals surface area (Å²) < 4.78 is 37.9. The Morgan fingerprint density at radius 1 is 0.826 bits per heavy atom. The number of hydrogen-bond acceptors (Lipinski definition) is 12. The van der Waals surface area contributed by atoms with E-state index in [1.807, 2.05) is 0 Å². The first kappa shape index (κ1) is 30.0. The van der Waals surface area contributed by atoms with Crippen LogP contribution in [0.5, 0.6) is 23.0 Å². The van der Waals surface area contributed by atoms with E-state index < -0.39 is 35.0 Å². The third kappa shape index (κ3) is 5.09. The maximum atomic E-state index is 13.8. The Morgan fingerprint density at radius 2 is 1.52 bits per heavy atom. The number of furan rings is 1. The molecule has 1 aliphatic heterocycles. The number of rotatable bonds is 7. The van der Waals surface area contributed by atoms with Gasteiger partial charge in [0.15, 0.2) is 11.5 Å². The van der Waals surface area contributed by atoms with E-state index in [0.29, 0.717) is 33.9 Å². The van der Waals surface area contributed by atoms with Gasteiger partial charge in [-0.3, -0.25) is 9.59 Å². The molecule has 1 aliphatic rings. The fourth-order valence-corrected chi connectivity index (χ4v) is 5.51. The molecule has 1 N–H and O–H groups in total. The maximum absolute atomic E-state index is 13.8. The van der Waals surface area contributed by atoms with Gasteiger partial charge in [0, 0.05) is 17.2 Å². The Labute approximate surface area is 260 Å². The Hall–Kier alpha value is -6.04. The van der Waals surface area contributed by atoms with Crippen molar-refractivity contribution in [3.8, 4) is 45.4 Å². The topological polar surface area (TPSA) is 161 Å². The number of benzene rings is 3. The molecule has 3 aromatic carbocycles. The third-order valence-electron chi connectivity index (χ3n) is 7.69. The minimum absolute atomic E-state index is 0.00637. The largest absolute Gasteiger partial charge is 0.507 e. The molecular formula is C34H26O12. The summed E-state index contributed by atoms with van der Waals surface area (Å²) in [5.41, 5.74) is 0.985. The summed E-state index contributed by atoms with van der Waals surface area (Å²) in [6.07, 6.45) is 1.09. The average Bonchev–Trinajstić information content (AvgIpc) is 3.57. The van der Waals surface area contributed by atoms with E-state index in [4.69, 9.17) is 32.5 Å². The molecule has 46 heavy (non-hydrogen) atoms. The Morgan fingerprint density at radius 3 is 2.17 bits per heavy atom. The second kappa shape index (κ2) is 11.8. The molecule has 0 unspecified atom stereocenters. The number of carbonyl (C=O) groups excluding carboxylic acids is 3. The van der Waals surface area contributed by atoms with Crippen LogP contribution in [0.2, 0.25) is 0 Å². The number of methoxy groups -OCH3 is 4. The van der Waals surface area contributed by atoms with E-state index in [9.17, 15) is 24.3 Å². The van der Waals surface area contributed by atoms with Crippen molar-refractivity contribution in [2.24, 2.45) is 0 Å². The molecule has 234 valence electrons. The summed E-state index contributed by atoms with van der Waals surface area (Å²) in [6, 6.07) is 13.7. The van der Waals surface area contributed by atoms with Gasteiger partial charge in [0.25, 0.3) is 0 Å². The average molecular weight is 627 g/mol. The van der Waals surface area contributed by atoms with Crippen LogP contribution in [0, 0.1) is 0 Å². The molecule has 2 aromatic heterocycles. The molecule has 1 atom stereocenters. The van der Waals surface area contributed by atoms with Gasteiger partial charge in [0.2, 0.25) is 5.43 Å². The predicted molar refractivity (Wildman–Crippen MR) is 162 cm³/mol. The summed E-state index contributed by atoms with van der Waals surface area (Å²) in [5, 5.41) is 10.8. The molecular weight excluding hydrogens is 600 g/mol. The quantitative estimate of drug-likeness (QED) is 0.180.